The fourth-order valence-corrected chi connectivity index (χ4v) is 3.87. The van der Waals surface area contributed by atoms with Crippen molar-refractivity contribution in [1.82, 2.24) is 4.90 Å². The molecule has 0 aliphatic carbocycles. The number of anilines is 1. The number of likely N-dealkylation sites (tertiary alicyclic amines) is 1. The smallest absolute Gasteiger partial charge is 0.261 e. The van der Waals surface area contributed by atoms with Crippen molar-refractivity contribution in [3.05, 3.63) is 53.1 Å². The molecule has 2 aliphatic rings. The first-order valence-corrected chi connectivity index (χ1v) is 9.09. The zero-order valence-electron chi connectivity index (χ0n) is 15.6. The number of carbonyl (C=O) groups excluding carboxylic acids is 2. The van der Waals surface area contributed by atoms with E-state index in [4.69, 9.17) is 25.9 Å². The highest BCUT2D eigenvalue weighted by atomic mass is 35.5. The maximum atomic E-state index is 12.8. The molecule has 0 spiro atoms. The Kier molecular flexibility index (Phi) is 4.64. The highest BCUT2D eigenvalue weighted by Gasteiger charge is 2.59. The van der Waals surface area contributed by atoms with Gasteiger partial charge in [-0.15, -0.1) is 0 Å². The number of hydroxylamine groups is 1. The second-order valence-electron chi connectivity index (χ2n) is 6.64. The molecule has 3 atom stereocenters. The molecule has 3 unspecified atom stereocenters. The molecule has 2 fully saturated rings. The summed E-state index contributed by atoms with van der Waals surface area (Å²) in [4.78, 5) is 32.5. The van der Waals surface area contributed by atoms with Crippen molar-refractivity contribution in [3.63, 3.8) is 0 Å². The predicted octanol–water partition coefficient (Wildman–Crippen LogP) is 2.83. The van der Waals surface area contributed by atoms with E-state index in [-0.39, 0.29) is 11.8 Å². The number of halogens is 1. The van der Waals surface area contributed by atoms with Crippen LogP contribution < -0.4 is 14.5 Å². The summed E-state index contributed by atoms with van der Waals surface area (Å²) in [6.07, 6.45) is -0.884. The molecule has 2 aromatic carbocycles. The molecule has 0 saturated carbocycles. The van der Waals surface area contributed by atoms with E-state index in [1.807, 2.05) is 6.07 Å². The second-order valence-corrected chi connectivity index (χ2v) is 7.08. The van der Waals surface area contributed by atoms with E-state index in [0.717, 1.165) is 10.5 Å². The van der Waals surface area contributed by atoms with Crippen molar-refractivity contribution in [2.24, 2.45) is 5.92 Å². The molecule has 7 nitrogen and oxygen atoms in total. The number of hydrogen-bond acceptors (Lipinski definition) is 6. The van der Waals surface area contributed by atoms with Gasteiger partial charge in [0.05, 0.1) is 25.9 Å². The zero-order valence-corrected chi connectivity index (χ0v) is 16.3. The van der Waals surface area contributed by atoms with E-state index < -0.39 is 18.1 Å². The third-order valence-corrected chi connectivity index (χ3v) is 5.43. The molecule has 4 rings (SSSR count). The zero-order chi connectivity index (χ0) is 20.0. The number of amides is 2. The quantitative estimate of drug-likeness (QED) is 0.732. The van der Waals surface area contributed by atoms with Gasteiger partial charge in [-0.1, -0.05) is 11.6 Å². The van der Waals surface area contributed by atoms with Crippen molar-refractivity contribution in [3.8, 4) is 11.5 Å². The summed E-state index contributed by atoms with van der Waals surface area (Å²) in [5.41, 5.74) is 1.41. The minimum absolute atomic E-state index is 0.283. The van der Waals surface area contributed by atoms with E-state index in [0.29, 0.717) is 22.2 Å². The van der Waals surface area contributed by atoms with Gasteiger partial charge < -0.3 is 9.47 Å². The molecule has 8 heteroatoms. The number of methoxy groups -OCH3 is 2. The maximum absolute atomic E-state index is 12.8. The third-order valence-electron chi connectivity index (χ3n) is 5.18. The Morgan fingerprint density at radius 1 is 1.00 bits per heavy atom. The van der Waals surface area contributed by atoms with Crippen LogP contribution in [0.5, 0.6) is 11.5 Å². The molecule has 0 radical (unpaired) electrons. The molecule has 0 aromatic heterocycles. The summed E-state index contributed by atoms with van der Waals surface area (Å²) in [5, 5.41) is 2.17. The summed E-state index contributed by atoms with van der Waals surface area (Å²) in [7, 11) is 4.59. The number of hydrogen-bond donors (Lipinski definition) is 0. The lowest BCUT2D eigenvalue weighted by Gasteiger charge is -2.29. The first-order valence-electron chi connectivity index (χ1n) is 8.71. The standard InChI is InChI=1S/C20H19ClN2O5/c1-22-19(24)16-17(14-9-8-13(26-2)10-15(14)27-3)23(28-18(16)20(22)25)12-6-4-11(21)5-7-12/h4-10,16-18H,1-3H3. The Hall–Kier alpha value is -2.77. The average molecular weight is 403 g/mol. The van der Waals surface area contributed by atoms with Gasteiger partial charge in [0.15, 0.2) is 6.10 Å². The fourth-order valence-electron chi connectivity index (χ4n) is 3.74. The van der Waals surface area contributed by atoms with Crippen molar-refractivity contribution >= 4 is 29.1 Å². The lowest BCUT2D eigenvalue weighted by atomic mass is 9.90. The Bertz CT molecular complexity index is 933. The Labute approximate surface area is 167 Å². The molecule has 2 aromatic rings. The van der Waals surface area contributed by atoms with Crippen LogP contribution in [0.15, 0.2) is 42.5 Å². The monoisotopic (exact) mass is 402 g/mol. The van der Waals surface area contributed by atoms with Gasteiger partial charge in [0.1, 0.15) is 17.4 Å². The number of nitrogens with zero attached hydrogens (tertiary/aromatic N) is 2. The molecule has 2 saturated heterocycles. The van der Waals surface area contributed by atoms with Crippen molar-refractivity contribution in [1.29, 1.82) is 0 Å². The van der Waals surface area contributed by atoms with Gasteiger partial charge in [-0.25, -0.2) is 5.06 Å². The first-order chi connectivity index (χ1) is 13.5. The Morgan fingerprint density at radius 3 is 2.36 bits per heavy atom. The van der Waals surface area contributed by atoms with Gasteiger partial charge in [0.2, 0.25) is 5.91 Å². The molecule has 2 aliphatic heterocycles. The molecule has 146 valence electrons. The van der Waals surface area contributed by atoms with Gasteiger partial charge in [0, 0.05) is 23.7 Å². The van der Waals surface area contributed by atoms with Crippen LogP contribution in [0.1, 0.15) is 11.6 Å². The summed E-state index contributed by atoms with van der Waals surface area (Å²) < 4.78 is 10.8. The van der Waals surface area contributed by atoms with Crippen molar-refractivity contribution in [2.75, 3.05) is 26.3 Å². The van der Waals surface area contributed by atoms with Gasteiger partial charge >= 0.3 is 0 Å². The van der Waals surface area contributed by atoms with Crippen LogP contribution in [0.25, 0.3) is 0 Å². The molecule has 28 heavy (non-hydrogen) atoms. The number of ether oxygens (including phenoxy) is 2. The summed E-state index contributed by atoms with van der Waals surface area (Å²) in [6.45, 7) is 0. The molecular formula is C20H19ClN2O5. The van der Waals surface area contributed by atoms with Crippen LogP contribution in [0.4, 0.5) is 5.69 Å². The van der Waals surface area contributed by atoms with E-state index in [2.05, 4.69) is 0 Å². The molecule has 2 heterocycles. The number of rotatable bonds is 4. The van der Waals surface area contributed by atoms with Crippen LogP contribution >= 0.6 is 11.6 Å². The number of carbonyl (C=O) groups is 2. The SMILES string of the molecule is COc1ccc(C2C3C(=O)N(C)C(=O)C3ON2c2ccc(Cl)cc2)c(OC)c1. The Morgan fingerprint density at radius 2 is 1.71 bits per heavy atom. The normalized spacial score (nSPS) is 23.9. The molecule has 0 N–H and O–H groups in total. The lowest BCUT2D eigenvalue weighted by Crippen LogP contribution is -2.34. The highest BCUT2D eigenvalue weighted by molar-refractivity contribution is 6.30. The predicted molar refractivity (Wildman–Crippen MR) is 102 cm³/mol. The van der Waals surface area contributed by atoms with E-state index in [1.165, 1.54) is 7.05 Å². The van der Waals surface area contributed by atoms with Crippen LogP contribution in [0, 0.1) is 5.92 Å². The number of likely N-dealkylation sites (N-methyl/N-ethyl adjacent to an activating group) is 1. The number of benzene rings is 2. The fraction of sp³-hybridized carbons (Fsp3) is 0.300. The average Bonchev–Trinajstić information content (AvgIpc) is 3.20. The van der Waals surface area contributed by atoms with E-state index in [9.17, 15) is 9.59 Å². The van der Waals surface area contributed by atoms with Crippen molar-refractivity contribution in [2.45, 2.75) is 12.1 Å². The largest absolute Gasteiger partial charge is 0.497 e. The lowest BCUT2D eigenvalue weighted by molar-refractivity contribution is -0.141. The van der Waals surface area contributed by atoms with Gasteiger partial charge in [-0.3, -0.25) is 19.3 Å². The molecular weight excluding hydrogens is 384 g/mol. The third kappa shape index (κ3) is 2.78. The molecule has 0 bridgehead atoms. The summed E-state index contributed by atoms with van der Waals surface area (Å²) in [6, 6.07) is 11.8. The summed E-state index contributed by atoms with van der Waals surface area (Å²) >= 11 is 6.01. The van der Waals surface area contributed by atoms with Gasteiger partial charge in [0.25, 0.3) is 5.91 Å². The van der Waals surface area contributed by atoms with Gasteiger partial charge in [-0.2, -0.15) is 0 Å². The van der Waals surface area contributed by atoms with Crippen molar-refractivity contribution < 1.29 is 23.9 Å². The first kappa shape index (κ1) is 18.6. The minimum Gasteiger partial charge on any atom is -0.497 e. The van der Waals surface area contributed by atoms with Crippen LogP contribution in [0.2, 0.25) is 5.02 Å². The number of fused-ring (bicyclic) bond motifs is 1. The van der Waals surface area contributed by atoms with Crippen LogP contribution in [-0.2, 0) is 14.4 Å². The number of imide groups is 1. The van der Waals surface area contributed by atoms with Gasteiger partial charge in [-0.05, 0) is 36.4 Å². The van der Waals surface area contributed by atoms with Crippen LogP contribution in [-0.4, -0.2) is 44.1 Å². The topological polar surface area (TPSA) is 68.3 Å². The highest BCUT2D eigenvalue weighted by Crippen LogP contribution is 2.49. The summed E-state index contributed by atoms with van der Waals surface area (Å²) in [5.74, 6) is -0.156. The maximum Gasteiger partial charge on any atom is 0.261 e. The van der Waals surface area contributed by atoms with E-state index in [1.54, 1.807) is 55.7 Å². The van der Waals surface area contributed by atoms with E-state index >= 15 is 0 Å². The van der Waals surface area contributed by atoms with Crippen LogP contribution in [0.3, 0.4) is 0 Å². The Balaban J connectivity index is 1.85. The second kappa shape index (κ2) is 7.00. The molecule has 2 amide bonds. The minimum atomic E-state index is -0.884.